The molecule has 4 nitrogen and oxygen atoms in total. The Morgan fingerprint density at radius 2 is 2.42 bits per heavy atom. The van der Waals surface area contributed by atoms with Crippen molar-refractivity contribution >= 4 is 6.09 Å². The Balaban J connectivity index is 2.45. The molecule has 0 saturated carbocycles. The zero-order valence-corrected chi connectivity index (χ0v) is 7.74. The van der Waals surface area contributed by atoms with Crippen LogP contribution < -0.4 is 0 Å². The number of carbonyl (C=O) groups excluding carboxylic acids is 1. The van der Waals surface area contributed by atoms with Crippen LogP contribution >= 0.6 is 0 Å². The van der Waals surface area contributed by atoms with Gasteiger partial charge in [-0.25, -0.2) is 4.79 Å². The van der Waals surface area contributed by atoms with Crippen molar-refractivity contribution in [2.24, 2.45) is 0 Å². The summed E-state index contributed by atoms with van der Waals surface area (Å²) in [4.78, 5) is 12.8. The zero-order chi connectivity index (χ0) is 9.14. The summed E-state index contributed by atoms with van der Waals surface area (Å²) in [6.07, 6.45) is -0.322. The normalized spacial score (nSPS) is 23.5. The summed E-state index contributed by atoms with van der Waals surface area (Å²) in [5, 5.41) is 0. The topological polar surface area (TPSA) is 38.8 Å². The summed E-state index contributed by atoms with van der Waals surface area (Å²) in [6, 6.07) is 0.208. The molecule has 1 rings (SSSR count). The van der Waals surface area contributed by atoms with Gasteiger partial charge in [-0.15, -0.1) is 0 Å². The van der Waals surface area contributed by atoms with E-state index in [1.165, 1.54) is 0 Å². The van der Waals surface area contributed by atoms with E-state index >= 15 is 0 Å². The van der Waals surface area contributed by atoms with Crippen molar-refractivity contribution in [2.45, 2.75) is 26.0 Å². The maximum absolute atomic E-state index is 11.1. The summed E-state index contributed by atoms with van der Waals surface area (Å²) < 4.78 is 9.94. The monoisotopic (exact) mass is 173 g/mol. The maximum atomic E-state index is 11.1. The molecule has 1 saturated heterocycles. The number of carbonyl (C=O) groups is 1. The Morgan fingerprint density at radius 1 is 1.75 bits per heavy atom. The van der Waals surface area contributed by atoms with Gasteiger partial charge in [0.1, 0.15) is 6.10 Å². The molecular weight excluding hydrogens is 158 g/mol. The van der Waals surface area contributed by atoms with E-state index in [1.54, 1.807) is 12.0 Å². The predicted octanol–water partition coefficient (Wildman–Crippen LogP) is 0.862. The van der Waals surface area contributed by atoms with Gasteiger partial charge in [0.2, 0.25) is 0 Å². The smallest absolute Gasteiger partial charge is 0.410 e. The molecule has 1 aliphatic rings. The number of methoxy groups -OCH3 is 1. The zero-order valence-electron chi connectivity index (χ0n) is 7.74. The van der Waals surface area contributed by atoms with E-state index in [-0.39, 0.29) is 18.2 Å². The highest BCUT2D eigenvalue weighted by Gasteiger charge is 2.32. The van der Waals surface area contributed by atoms with Gasteiger partial charge in [-0.05, 0) is 13.8 Å². The van der Waals surface area contributed by atoms with E-state index in [1.807, 2.05) is 13.8 Å². The molecule has 0 radical (unpaired) electrons. The highest BCUT2D eigenvalue weighted by Crippen LogP contribution is 2.13. The molecule has 70 valence electrons. The van der Waals surface area contributed by atoms with Crippen LogP contribution in [0, 0.1) is 0 Å². The van der Waals surface area contributed by atoms with Gasteiger partial charge in [0.15, 0.2) is 0 Å². The van der Waals surface area contributed by atoms with E-state index in [4.69, 9.17) is 9.47 Å². The minimum Gasteiger partial charge on any atom is -0.442 e. The molecule has 4 heteroatoms. The highest BCUT2D eigenvalue weighted by atomic mass is 16.6. The lowest BCUT2D eigenvalue weighted by atomic mass is 10.3. The van der Waals surface area contributed by atoms with Crippen molar-refractivity contribution < 1.29 is 14.3 Å². The molecule has 0 spiro atoms. The largest absolute Gasteiger partial charge is 0.442 e. The second kappa shape index (κ2) is 3.76. The van der Waals surface area contributed by atoms with Crippen molar-refractivity contribution in [3.05, 3.63) is 0 Å². The first-order valence-corrected chi connectivity index (χ1v) is 4.11. The molecule has 0 aliphatic carbocycles. The van der Waals surface area contributed by atoms with Crippen LogP contribution in [0.2, 0.25) is 0 Å². The molecule has 1 heterocycles. The first kappa shape index (κ1) is 9.32. The summed E-state index contributed by atoms with van der Waals surface area (Å²) in [5.74, 6) is 0. The van der Waals surface area contributed by atoms with Gasteiger partial charge >= 0.3 is 6.09 Å². The summed E-state index contributed by atoms with van der Waals surface area (Å²) in [6.45, 7) is 5.06. The second-order valence-corrected chi connectivity index (χ2v) is 3.21. The molecule has 1 atom stereocenters. The third-order valence-electron chi connectivity index (χ3n) is 1.88. The fourth-order valence-electron chi connectivity index (χ4n) is 1.24. The van der Waals surface area contributed by atoms with Gasteiger partial charge in [0.05, 0.1) is 13.2 Å². The van der Waals surface area contributed by atoms with Crippen LogP contribution in [0.3, 0.4) is 0 Å². The van der Waals surface area contributed by atoms with Crippen LogP contribution in [-0.2, 0) is 9.47 Å². The second-order valence-electron chi connectivity index (χ2n) is 3.21. The third-order valence-corrected chi connectivity index (χ3v) is 1.88. The molecule has 12 heavy (non-hydrogen) atoms. The Bertz CT molecular complexity index is 170. The van der Waals surface area contributed by atoms with E-state index in [2.05, 4.69) is 0 Å². The molecule has 0 bridgehead atoms. The van der Waals surface area contributed by atoms with Crippen LogP contribution in [0.25, 0.3) is 0 Å². The van der Waals surface area contributed by atoms with Crippen molar-refractivity contribution in [3.63, 3.8) is 0 Å². The summed E-state index contributed by atoms with van der Waals surface area (Å²) in [5.41, 5.74) is 0. The predicted molar refractivity (Wildman–Crippen MR) is 44.0 cm³/mol. The van der Waals surface area contributed by atoms with Gasteiger partial charge in [0.25, 0.3) is 0 Å². The number of rotatable bonds is 3. The Morgan fingerprint density at radius 3 is 2.83 bits per heavy atom. The average Bonchev–Trinajstić information content (AvgIpc) is 2.32. The molecule has 1 fully saturated rings. The summed E-state index contributed by atoms with van der Waals surface area (Å²) in [7, 11) is 1.60. The third kappa shape index (κ3) is 1.88. The van der Waals surface area contributed by atoms with Crippen molar-refractivity contribution in [3.8, 4) is 0 Å². The van der Waals surface area contributed by atoms with Gasteiger partial charge in [-0.2, -0.15) is 0 Å². The molecule has 0 aromatic heterocycles. The fraction of sp³-hybridized carbons (Fsp3) is 0.875. The molecule has 1 aliphatic heterocycles. The molecule has 1 amide bonds. The first-order chi connectivity index (χ1) is 5.65. The van der Waals surface area contributed by atoms with Crippen LogP contribution in [0.1, 0.15) is 13.8 Å². The SMILES string of the molecule is COCC1CN(C(C)C)C(=O)O1. The molecule has 0 aromatic carbocycles. The molecule has 0 aromatic rings. The lowest BCUT2D eigenvalue weighted by Gasteiger charge is -2.16. The van der Waals surface area contributed by atoms with Crippen molar-refractivity contribution in [1.82, 2.24) is 4.90 Å². The number of cyclic esters (lactones) is 1. The standard InChI is InChI=1S/C8H15NO3/c1-6(2)9-4-7(5-11-3)12-8(9)10/h6-7H,4-5H2,1-3H3. The van der Waals surface area contributed by atoms with Crippen LogP contribution in [0.4, 0.5) is 4.79 Å². The van der Waals surface area contributed by atoms with Crippen LogP contribution in [0.15, 0.2) is 0 Å². The van der Waals surface area contributed by atoms with Crippen molar-refractivity contribution in [1.29, 1.82) is 0 Å². The lowest BCUT2D eigenvalue weighted by molar-refractivity contribution is 0.0714. The highest BCUT2D eigenvalue weighted by molar-refractivity contribution is 5.70. The maximum Gasteiger partial charge on any atom is 0.410 e. The van der Waals surface area contributed by atoms with E-state index in [9.17, 15) is 4.79 Å². The average molecular weight is 173 g/mol. The Hall–Kier alpha value is -0.770. The number of hydrogen-bond donors (Lipinski definition) is 0. The quantitative estimate of drug-likeness (QED) is 0.635. The molecule has 0 N–H and O–H groups in total. The number of hydrogen-bond acceptors (Lipinski definition) is 3. The van der Waals surface area contributed by atoms with Crippen molar-refractivity contribution in [2.75, 3.05) is 20.3 Å². The minimum absolute atomic E-state index is 0.0927. The van der Waals surface area contributed by atoms with E-state index < -0.39 is 0 Å². The number of ether oxygens (including phenoxy) is 2. The van der Waals surface area contributed by atoms with Gasteiger partial charge in [-0.3, -0.25) is 0 Å². The Kier molecular flexibility index (Phi) is 2.92. The number of nitrogens with zero attached hydrogens (tertiary/aromatic N) is 1. The van der Waals surface area contributed by atoms with Gasteiger partial charge in [-0.1, -0.05) is 0 Å². The summed E-state index contributed by atoms with van der Waals surface area (Å²) >= 11 is 0. The molecular formula is C8H15NO3. The van der Waals surface area contributed by atoms with E-state index in [0.29, 0.717) is 13.2 Å². The Labute approximate surface area is 72.4 Å². The minimum atomic E-state index is -0.230. The number of amides is 1. The lowest BCUT2D eigenvalue weighted by Crippen LogP contribution is -2.32. The first-order valence-electron chi connectivity index (χ1n) is 4.11. The van der Waals surface area contributed by atoms with E-state index in [0.717, 1.165) is 0 Å². The van der Waals surface area contributed by atoms with Crippen LogP contribution in [-0.4, -0.2) is 43.4 Å². The van der Waals surface area contributed by atoms with Gasteiger partial charge < -0.3 is 14.4 Å². The van der Waals surface area contributed by atoms with Crippen LogP contribution in [0.5, 0.6) is 0 Å². The van der Waals surface area contributed by atoms with Gasteiger partial charge in [0, 0.05) is 13.2 Å². The molecule has 1 unspecified atom stereocenters. The fourth-order valence-corrected chi connectivity index (χ4v) is 1.24.